The molecule has 0 fully saturated rings. The van der Waals surface area contributed by atoms with Gasteiger partial charge in [0.2, 0.25) is 0 Å². The van der Waals surface area contributed by atoms with E-state index in [9.17, 15) is 5.11 Å². The van der Waals surface area contributed by atoms with Gasteiger partial charge >= 0.3 is 0 Å². The predicted molar refractivity (Wildman–Crippen MR) is 77.7 cm³/mol. The number of aryl methyl sites for hydroxylation is 2. The standard InChI is InChI=1S/C16H25NO2/c1-3-12(2)17-10-15(18)11-19-16-8-7-13-5-4-6-14(13)9-16/h7-9,12,15,17-18H,3-6,10-11H2,1-2H3/t12-,15-/m0/s1. The second-order valence-corrected chi connectivity index (χ2v) is 5.47. The topological polar surface area (TPSA) is 41.5 Å². The highest BCUT2D eigenvalue weighted by Crippen LogP contribution is 2.25. The molecule has 0 saturated heterocycles. The SMILES string of the molecule is CC[C@H](C)NC[C@H](O)COc1ccc2c(c1)CCC2. The molecule has 0 bridgehead atoms. The number of ether oxygens (including phenoxy) is 1. The molecule has 19 heavy (non-hydrogen) atoms. The van der Waals surface area contributed by atoms with Gasteiger partial charge in [0, 0.05) is 12.6 Å². The van der Waals surface area contributed by atoms with Gasteiger partial charge in [-0.2, -0.15) is 0 Å². The lowest BCUT2D eigenvalue weighted by Gasteiger charge is -2.16. The third-order valence-corrected chi connectivity index (χ3v) is 3.83. The Bertz CT molecular complexity index is 406. The lowest BCUT2D eigenvalue weighted by molar-refractivity contribution is 0.104. The van der Waals surface area contributed by atoms with Gasteiger partial charge in [0.15, 0.2) is 0 Å². The van der Waals surface area contributed by atoms with E-state index in [0.717, 1.165) is 18.6 Å². The second kappa shape index (κ2) is 6.92. The smallest absolute Gasteiger partial charge is 0.119 e. The zero-order chi connectivity index (χ0) is 13.7. The fraction of sp³-hybridized carbons (Fsp3) is 0.625. The summed E-state index contributed by atoms with van der Waals surface area (Å²) in [7, 11) is 0. The van der Waals surface area contributed by atoms with Crippen LogP contribution in [0.3, 0.4) is 0 Å². The molecule has 0 spiro atoms. The highest BCUT2D eigenvalue weighted by atomic mass is 16.5. The van der Waals surface area contributed by atoms with Crippen LogP contribution in [-0.4, -0.2) is 30.4 Å². The van der Waals surface area contributed by atoms with E-state index in [1.807, 2.05) is 6.07 Å². The van der Waals surface area contributed by atoms with Crippen molar-refractivity contribution in [3.63, 3.8) is 0 Å². The molecular weight excluding hydrogens is 238 g/mol. The number of benzene rings is 1. The molecule has 0 radical (unpaired) electrons. The molecule has 2 rings (SSSR count). The van der Waals surface area contributed by atoms with Crippen LogP contribution in [0.25, 0.3) is 0 Å². The molecule has 0 unspecified atom stereocenters. The van der Waals surface area contributed by atoms with Crippen LogP contribution in [0.1, 0.15) is 37.8 Å². The summed E-state index contributed by atoms with van der Waals surface area (Å²) >= 11 is 0. The van der Waals surface area contributed by atoms with E-state index in [1.54, 1.807) is 0 Å². The molecule has 2 N–H and O–H groups in total. The van der Waals surface area contributed by atoms with Gasteiger partial charge < -0.3 is 15.2 Å². The lowest BCUT2D eigenvalue weighted by Crippen LogP contribution is -2.36. The predicted octanol–water partition coefficient (Wildman–Crippen LogP) is 2.30. The van der Waals surface area contributed by atoms with Crippen LogP contribution in [-0.2, 0) is 12.8 Å². The highest BCUT2D eigenvalue weighted by Gasteiger charge is 2.12. The van der Waals surface area contributed by atoms with Gasteiger partial charge in [0.25, 0.3) is 0 Å². The van der Waals surface area contributed by atoms with Crippen molar-refractivity contribution in [3.8, 4) is 5.75 Å². The molecule has 1 aromatic rings. The number of aliphatic hydroxyl groups is 1. The van der Waals surface area contributed by atoms with E-state index in [2.05, 4.69) is 31.3 Å². The van der Waals surface area contributed by atoms with Gasteiger partial charge in [-0.15, -0.1) is 0 Å². The van der Waals surface area contributed by atoms with E-state index >= 15 is 0 Å². The minimum absolute atomic E-state index is 0.349. The minimum Gasteiger partial charge on any atom is -0.491 e. The lowest BCUT2D eigenvalue weighted by atomic mass is 10.1. The summed E-state index contributed by atoms with van der Waals surface area (Å²) in [6, 6.07) is 6.73. The average Bonchev–Trinajstić information content (AvgIpc) is 2.89. The van der Waals surface area contributed by atoms with Crippen molar-refractivity contribution in [1.82, 2.24) is 5.32 Å². The Morgan fingerprint density at radius 1 is 1.32 bits per heavy atom. The number of hydrogen-bond donors (Lipinski definition) is 2. The molecule has 0 heterocycles. The number of fused-ring (bicyclic) bond motifs is 1. The molecule has 1 aromatic carbocycles. The summed E-state index contributed by atoms with van der Waals surface area (Å²) in [4.78, 5) is 0. The summed E-state index contributed by atoms with van der Waals surface area (Å²) in [5.41, 5.74) is 2.86. The molecule has 106 valence electrons. The van der Waals surface area contributed by atoms with Crippen LogP contribution in [0.15, 0.2) is 18.2 Å². The first-order valence-corrected chi connectivity index (χ1v) is 7.35. The Kier molecular flexibility index (Phi) is 5.23. The van der Waals surface area contributed by atoms with Crippen LogP contribution in [0.2, 0.25) is 0 Å². The highest BCUT2D eigenvalue weighted by molar-refractivity contribution is 5.38. The third kappa shape index (κ3) is 4.22. The molecule has 1 aliphatic carbocycles. The number of nitrogens with one attached hydrogen (secondary N) is 1. The first-order chi connectivity index (χ1) is 9.19. The molecule has 0 aliphatic heterocycles. The van der Waals surface area contributed by atoms with E-state index < -0.39 is 6.10 Å². The average molecular weight is 263 g/mol. The van der Waals surface area contributed by atoms with Crippen molar-refractivity contribution in [3.05, 3.63) is 29.3 Å². The van der Waals surface area contributed by atoms with Crippen LogP contribution in [0, 0.1) is 0 Å². The first kappa shape index (κ1) is 14.4. The van der Waals surface area contributed by atoms with Crippen molar-refractivity contribution in [2.45, 2.75) is 51.7 Å². The van der Waals surface area contributed by atoms with E-state index in [-0.39, 0.29) is 0 Å². The van der Waals surface area contributed by atoms with Crippen molar-refractivity contribution < 1.29 is 9.84 Å². The summed E-state index contributed by atoms with van der Waals surface area (Å²) in [6.45, 7) is 5.18. The molecule has 0 aromatic heterocycles. The first-order valence-electron chi connectivity index (χ1n) is 7.35. The van der Waals surface area contributed by atoms with Crippen LogP contribution in [0.5, 0.6) is 5.75 Å². The fourth-order valence-electron chi connectivity index (χ4n) is 2.37. The summed E-state index contributed by atoms with van der Waals surface area (Å²) in [6.07, 6.45) is 4.21. The van der Waals surface area contributed by atoms with Crippen molar-refractivity contribution in [2.24, 2.45) is 0 Å². The third-order valence-electron chi connectivity index (χ3n) is 3.83. The Balaban J connectivity index is 1.75. The van der Waals surface area contributed by atoms with Gasteiger partial charge in [-0.25, -0.2) is 0 Å². The molecule has 2 atom stereocenters. The monoisotopic (exact) mass is 263 g/mol. The number of hydrogen-bond acceptors (Lipinski definition) is 3. The van der Waals surface area contributed by atoms with Gasteiger partial charge in [0.05, 0.1) is 0 Å². The van der Waals surface area contributed by atoms with E-state index in [4.69, 9.17) is 4.74 Å². The zero-order valence-electron chi connectivity index (χ0n) is 12.0. The van der Waals surface area contributed by atoms with E-state index in [0.29, 0.717) is 19.2 Å². The Morgan fingerprint density at radius 3 is 2.89 bits per heavy atom. The quantitative estimate of drug-likeness (QED) is 0.793. The van der Waals surface area contributed by atoms with Crippen molar-refractivity contribution in [2.75, 3.05) is 13.2 Å². The second-order valence-electron chi connectivity index (χ2n) is 5.47. The zero-order valence-corrected chi connectivity index (χ0v) is 12.0. The number of aliphatic hydroxyl groups excluding tert-OH is 1. The molecular formula is C16H25NO2. The fourth-order valence-corrected chi connectivity index (χ4v) is 2.37. The Labute approximate surface area is 116 Å². The van der Waals surface area contributed by atoms with Gasteiger partial charge in [0.1, 0.15) is 18.5 Å². The molecule has 0 saturated carbocycles. The maximum atomic E-state index is 9.86. The molecule has 1 aliphatic rings. The van der Waals surface area contributed by atoms with Crippen molar-refractivity contribution >= 4 is 0 Å². The van der Waals surface area contributed by atoms with Crippen LogP contribution >= 0.6 is 0 Å². The van der Waals surface area contributed by atoms with E-state index in [1.165, 1.54) is 24.0 Å². The summed E-state index contributed by atoms with van der Waals surface area (Å²) in [5, 5.41) is 13.1. The summed E-state index contributed by atoms with van der Waals surface area (Å²) < 4.78 is 5.67. The summed E-state index contributed by atoms with van der Waals surface area (Å²) in [5.74, 6) is 0.878. The van der Waals surface area contributed by atoms with Gasteiger partial charge in [-0.3, -0.25) is 0 Å². The van der Waals surface area contributed by atoms with Gasteiger partial charge in [-0.1, -0.05) is 13.0 Å². The Morgan fingerprint density at radius 2 is 2.11 bits per heavy atom. The minimum atomic E-state index is -0.456. The van der Waals surface area contributed by atoms with Crippen LogP contribution in [0.4, 0.5) is 0 Å². The Hall–Kier alpha value is -1.06. The largest absolute Gasteiger partial charge is 0.491 e. The molecule has 0 amide bonds. The molecule has 3 heteroatoms. The van der Waals surface area contributed by atoms with Crippen LogP contribution < -0.4 is 10.1 Å². The maximum Gasteiger partial charge on any atom is 0.119 e. The normalized spacial score (nSPS) is 17.0. The van der Waals surface area contributed by atoms with Gasteiger partial charge in [-0.05, 0) is 55.9 Å². The van der Waals surface area contributed by atoms with Crippen molar-refractivity contribution in [1.29, 1.82) is 0 Å². The maximum absolute atomic E-state index is 9.86. The molecule has 3 nitrogen and oxygen atoms in total. The number of rotatable bonds is 7.